The van der Waals surface area contributed by atoms with Crippen LogP contribution in [-0.4, -0.2) is 41.8 Å². The Morgan fingerprint density at radius 3 is 2.23 bits per heavy atom. The molecule has 0 spiro atoms. The number of carbonyl (C=O) groups is 2. The monoisotopic (exact) mass is 350 g/mol. The Kier molecular flexibility index (Phi) is 4.47. The van der Waals surface area contributed by atoms with Gasteiger partial charge in [0.1, 0.15) is 12.4 Å². The Morgan fingerprint density at radius 1 is 0.923 bits per heavy atom. The number of hydrogen-bond donors (Lipinski definition) is 0. The Morgan fingerprint density at radius 2 is 1.54 bits per heavy atom. The minimum atomic E-state index is -0.190. The summed E-state index contributed by atoms with van der Waals surface area (Å²) < 4.78 is 6.02. The van der Waals surface area contributed by atoms with Gasteiger partial charge in [0.15, 0.2) is 0 Å². The first-order chi connectivity index (χ1) is 12.6. The van der Waals surface area contributed by atoms with Crippen LogP contribution >= 0.6 is 0 Å². The summed E-state index contributed by atoms with van der Waals surface area (Å²) in [6.45, 7) is 2.46. The standard InChI is InChI=1S/C21H22N2O3/c1-22-20(24)17-12-23(13-18(17)21(22)25)11-16-9-5-6-10-19(16)26-14-15-7-3-2-4-8-15/h2-10,17-18H,11-14H2,1H3/t17-,18+. The van der Waals surface area contributed by atoms with Gasteiger partial charge in [-0.05, 0) is 11.6 Å². The fourth-order valence-corrected chi connectivity index (χ4v) is 3.87. The van der Waals surface area contributed by atoms with Crippen molar-refractivity contribution in [2.24, 2.45) is 11.8 Å². The van der Waals surface area contributed by atoms with Crippen LogP contribution in [0.2, 0.25) is 0 Å². The van der Waals surface area contributed by atoms with Crippen molar-refractivity contribution in [1.29, 1.82) is 0 Å². The second-order valence-corrected chi connectivity index (χ2v) is 7.02. The first-order valence-corrected chi connectivity index (χ1v) is 8.92. The van der Waals surface area contributed by atoms with Crippen molar-refractivity contribution in [2.75, 3.05) is 20.1 Å². The van der Waals surface area contributed by atoms with Gasteiger partial charge in [0, 0.05) is 32.2 Å². The zero-order chi connectivity index (χ0) is 18.1. The van der Waals surface area contributed by atoms with E-state index in [1.807, 2.05) is 54.6 Å². The summed E-state index contributed by atoms with van der Waals surface area (Å²) in [5.41, 5.74) is 2.20. The van der Waals surface area contributed by atoms with E-state index in [-0.39, 0.29) is 23.7 Å². The lowest BCUT2D eigenvalue weighted by Crippen LogP contribution is -2.33. The number of nitrogens with zero attached hydrogens (tertiary/aromatic N) is 2. The van der Waals surface area contributed by atoms with Gasteiger partial charge in [-0.1, -0.05) is 48.5 Å². The second kappa shape index (κ2) is 6.92. The van der Waals surface area contributed by atoms with E-state index in [1.54, 1.807) is 7.05 Å². The molecule has 5 heteroatoms. The topological polar surface area (TPSA) is 49.9 Å². The molecule has 0 radical (unpaired) electrons. The molecule has 134 valence electrons. The quantitative estimate of drug-likeness (QED) is 0.777. The highest BCUT2D eigenvalue weighted by atomic mass is 16.5. The number of imide groups is 1. The maximum absolute atomic E-state index is 12.2. The van der Waals surface area contributed by atoms with Crippen molar-refractivity contribution >= 4 is 11.8 Å². The van der Waals surface area contributed by atoms with Gasteiger partial charge in [-0.15, -0.1) is 0 Å². The van der Waals surface area contributed by atoms with Crippen molar-refractivity contribution in [1.82, 2.24) is 9.80 Å². The highest BCUT2D eigenvalue weighted by Gasteiger charge is 2.50. The van der Waals surface area contributed by atoms with Crippen LogP contribution in [0.25, 0.3) is 0 Å². The lowest BCUT2D eigenvalue weighted by Gasteiger charge is -2.20. The highest BCUT2D eigenvalue weighted by molar-refractivity contribution is 6.05. The molecule has 2 aromatic rings. The van der Waals surface area contributed by atoms with Gasteiger partial charge in [0.2, 0.25) is 11.8 Å². The van der Waals surface area contributed by atoms with Crippen LogP contribution in [0.1, 0.15) is 11.1 Å². The van der Waals surface area contributed by atoms with Crippen LogP contribution in [0, 0.1) is 11.8 Å². The smallest absolute Gasteiger partial charge is 0.234 e. The predicted octanol–water partition coefficient (Wildman–Crippen LogP) is 2.31. The third kappa shape index (κ3) is 3.10. The van der Waals surface area contributed by atoms with Crippen LogP contribution in [0.5, 0.6) is 5.75 Å². The fourth-order valence-electron chi connectivity index (χ4n) is 3.87. The molecule has 4 rings (SSSR count). The minimum absolute atomic E-state index is 0.0453. The Balaban J connectivity index is 1.43. The molecule has 0 aromatic heterocycles. The predicted molar refractivity (Wildman–Crippen MR) is 97.3 cm³/mol. The first kappa shape index (κ1) is 16.8. The number of fused-ring (bicyclic) bond motifs is 1. The number of carbonyl (C=O) groups excluding carboxylic acids is 2. The molecule has 0 bridgehead atoms. The molecule has 26 heavy (non-hydrogen) atoms. The molecule has 0 saturated carbocycles. The minimum Gasteiger partial charge on any atom is -0.489 e. The summed E-state index contributed by atoms with van der Waals surface area (Å²) in [5.74, 6) is 0.380. The van der Waals surface area contributed by atoms with Gasteiger partial charge >= 0.3 is 0 Å². The highest BCUT2D eigenvalue weighted by Crippen LogP contribution is 2.34. The first-order valence-electron chi connectivity index (χ1n) is 8.92. The third-order valence-electron chi connectivity index (χ3n) is 5.29. The van der Waals surface area contributed by atoms with E-state index >= 15 is 0 Å². The molecule has 2 atom stereocenters. The molecular weight excluding hydrogens is 328 g/mol. The summed E-state index contributed by atoms with van der Waals surface area (Å²) >= 11 is 0. The number of para-hydroxylation sites is 1. The summed E-state index contributed by atoms with van der Waals surface area (Å²) in [6, 6.07) is 18.0. The zero-order valence-electron chi connectivity index (χ0n) is 14.8. The molecule has 2 saturated heterocycles. The van der Waals surface area contributed by atoms with Crippen molar-refractivity contribution in [3.05, 3.63) is 65.7 Å². The SMILES string of the molecule is CN1C(=O)[C@H]2CN(Cc3ccccc3OCc3ccccc3)C[C@H]2C1=O. The van der Waals surface area contributed by atoms with Crippen molar-refractivity contribution in [2.45, 2.75) is 13.2 Å². The van der Waals surface area contributed by atoms with Gasteiger partial charge in [-0.2, -0.15) is 0 Å². The number of benzene rings is 2. The van der Waals surface area contributed by atoms with Gasteiger partial charge in [0.25, 0.3) is 0 Å². The summed E-state index contributed by atoms with van der Waals surface area (Å²) in [7, 11) is 1.58. The molecule has 2 aliphatic heterocycles. The Bertz CT molecular complexity index is 797. The van der Waals surface area contributed by atoms with E-state index in [4.69, 9.17) is 4.74 Å². The van der Waals surface area contributed by atoms with Crippen LogP contribution in [0.3, 0.4) is 0 Å². The van der Waals surface area contributed by atoms with E-state index in [1.165, 1.54) is 4.90 Å². The number of likely N-dealkylation sites (tertiary alicyclic amines) is 2. The van der Waals surface area contributed by atoms with Crippen molar-refractivity contribution in [3.8, 4) is 5.75 Å². The van der Waals surface area contributed by atoms with Crippen molar-refractivity contribution in [3.63, 3.8) is 0 Å². The molecule has 2 aliphatic rings. The lowest BCUT2D eigenvalue weighted by molar-refractivity contribution is -0.138. The molecule has 0 aliphatic carbocycles. The van der Waals surface area contributed by atoms with Crippen molar-refractivity contribution < 1.29 is 14.3 Å². The van der Waals surface area contributed by atoms with E-state index < -0.39 is 0 Å². The Labute approximate surface area is 153 Å². The van der Waals surface area contributed by atoms with Gasteiger partial charge in [0.05, 0.1) is 11.8 Å². The van der Waals surface area contributed by atoms with Crippen LogP contribution in [0.15, 0.2) is 54.6 Å². The Hall–Kier alpha value is -2.66. The number of hydrogen-bond acceptors (Lipinski definition) is 4. The van der Waals surface area contributed by atoms with Gasteiger partial charge < -0.3 is 4.74 Å². The van der Waals surface area contributed by atoms with E-state index in [9.17, 15) is 9.59 Å². The lowest BCUT2D eigenvalue weighted by atomic mass is 10.00. The average molecular weight is 350 g/mol. The molecule has 2 heterocycles. The molecule has 5 nitrogen and oxygen atoms in total. The maximum Gasteiger partial charge on any atom is 0.234 e. The zero-order valence-corrected chi connectivity index (χ0v) is 14.8. The summed E-state index contributed by atoms with van der Waals surface area (Å²) in [6.07, 6.45) is 0. The normalized spacial score (nSPS) is 22.7. The van der Waals surface area contributed by atoms with Gasteiger partial charge in [-0.3, -0.25) is 19.4 Å². The largest absolute Gasteiger partial charge is 0.489 e. The molecular formula is C21H22N2O3. The molecule has 2 aromatic carbocycles. The van der Waals surface area contributed by atoms with Crippen LogP contribution < -0.4 is 4.74 Å². The number of amides is 2. The fraction of sp³-hybridized carbons (Fsp3) is 0.333. The van der Waals surface area contributed by atoms with Crippen LogP contribution in [-0.2, 0) is 22.7 Å². The van der Waals surface area contributed by atoms with E-state index in [0.29, 0.717) is 26.2 Å². The van der Waals surface area contributed by atoms with E-state index in [2.05, 4.69) is 4.90 Å². The molecule has 2 fully saturated rings. The average Bonchev–Trinajstić information content (AvgIpc) is 3.17. The summed E-state index contributed by atoms with van der Waals surface area (Å²) in [5, 5.41) is 0. The van der Waals surface area contributed by atoms with Crippen LogP contribution in [0.4, 0.5) is 0 Å². The third-order valence-corrected chi connectivity index (χ3v) is 5.29. The second-order valence-electron chi connectivity index (χ2n) is 7.02. The summed E-state index contributed by atoms with van der Waals surface area (Å²) in [4.78, 5) is 27.8. The number of rotatable bonds is 5. The van der Waals surface area contributed by atoms with E-state index in [0.717, 1.165) is 16.9 Å². The molecule has 0 unspecified atom stereocenters. The van der Waals surface area contributed by atoms with Gasteiger partial charge in [-0.25, -0.2) is 0 Å². The molecule has 0 N–H and O–H groups in total. The molecule has 2 amide bonds. The maximum atomic E-state index is 12.2. The number of ether oxygens (including phenoxy) is 1.